The number of benzene rings is 2. The van der Waals surface area contributed by atoms with Crippen molar-refractivity contribution in [2.45, 2.75) is 51.0 Å². The fourth-order valence-electron chi connectivity index (χ4n) is 2.55. The molecule has 0 saturated heterocycles. The van der Waals surface area contributed by atoms with E-state index in [0.29, 0.717) is 36.6 Å². The van der Waals surface area contributed by atoms with Gasteiger partial charge in [-0.3, -0.25) is 4.79 Å². The van der Waals surface area contributed by atoms with E-state index < -0.39 is 10.0 Å². The van der Waals surface area contributed by atoms with E-state index in [1.165, 1.54) is 12.1 Å². The number of rotatable bonds is 10. The topological polar surface area (TPSA) is 84.5 Å². The van der Waals surface area contributed by atoms with E-state index in [1.54, 1.807) is 18.2 Å². The summed E-state index contributed by atoms with van der Waals surface area (Å²) in [5.74, 6) is 0.590. The van der Waals surface area contributed by atoms with E-state index in [9.17, 15) is 13.2 Å². The molecule has 0 aliphatic carbocycles. The highest BCUT2D eigenvalue weighted by atomic mass is 35.5. The number of aryl methyl sites for hydroxylation is 1. The molecule has 8 heteroatoms. The van der Waals surface area contributed by atoms with E-state index in [2.05, 4.69) is 10.0 Å². The number of nitrogens with one attached hydrogen (secondary N) is 2. The highest BCUT2D eigenvalue weighted by molar-refractivity contribution is 7.89. The Labute approximate surface area is 177 Å². The summed E-state index contributed by atoms with van der Waals surface area (Å²) in [5.41, 5.74) is 1.49. The lowest BCUT2D eigenvalue weighted by atomic mass is 10.2. The van der Waals surface area contributed by atoms with Crippen molar-refractivity contribution in [2.75, 3.05) is 11.9 Å². The molecule has 0 aliphatic rings. The van der Waals surface area contributed by atoms with Crippen molar-refractivity contribution in [3.8, 4) is 5.75 Å². The molecule has 0 saturated carbocycles. The van der Waals surface area contributed by atoms with E-state index in [-0.39, 0.29) is 16.8 Å². The zero-order chi connectivity index (χ0) is 21.4. The maximum absolute atomic E-state index is 12.2. The lowest BCUT2D eigenvalue weighted by Gasteiger charge is -2.12. The monoisotopic (exact) mass is 438 g/mol. The Bertz CT molecular complexity index is 930. The maximum atomic E-state index is 12.2. The summed E-state index contributed by atoms with van der Waals surface area (Å²) in [4.78, 5) is 12.3. The van der Waals surface area contributed by atoms with E-state index >= 15 is 0 Å². The molecule has 2 N–H and O–H groups in total. The van der Waals surface area contributed by atoms with Crippen LogP contribution in [-0.2, 0) is 14.8 Å². The number of amides is 1. The average molecular weight is 439 g/mol. The molecule has 0 bridgehead atoms. The quantitative estimate of drug-likeness (QED) is 0.534. The van der Waals surface area contributed by atoms with Gasteiger partial charge >= 0.3 is 0 Å². The van der Waals surface area contributed by atoms with Gasteiger partial charge in [-0.25, -0.2) is 13.1 Å². The van der Waals surface area contributed by atoms with Gasteiger partial charge in [0, 0.05) is 23.2 Å². The van der Waals surface area contributed by atoms with Crippen LogP contribution < -0.4 is 14.8 Å². The van der Waals surface area contributed by atoms with Crippen LogP contribution in [0.25, 0.3) is 0 Å². The normalized spacial score (nSPS) is 12.4. The molecule has 2 rings (SSSR count). The van der Waals surface area contributed by atoms with Crippen molar-refractivity contribution >= 4 is 33.2 Å². The largest absolute Gasteiger partial charge is 0.493 e. The third-order valence-electron chi connectivity index (χ3n) is 4.36. The molecule has 158 valence electrons. The zero-order valence-corrected chi connectivity index (χ0v) is 18.4. The Kier molecular flexibility index (Phi) is 8.49. The number of carbonyl (C=O) groups is 1. The Morgan fingerprint density at radius 1 is 1.17 bits per heavy atom. The second-order valence-electron chi connectivity index (χ2n) is 6.86. The van der Waals surface area contributed by atoms with Crippen molar-refractivity contribution in [3.63, 3.8) is 0 Å². The fourth-order valence-corrected chi connectivity index (χ4v) is 4.10. The van der Waals surface area contributed by atoms with Crippen molar-refractivity contribution in [1.29, 1.82) is 0 Å². The zero-order valence-electron chi connectivity index (χ0n) is 16.9. The third kappa shape index (κ3) is 7.34. The molecule has 0 fully saturated rings. The molecule has 1 amide bonds. The van der Waals surface area contributed by atoms with Gasteiger partial charge in [0.05, 0.1) is 11.5 Å². The molecule has 2 aromatic rings. The van der Waals surface area contributed by atoms with Crippen LogP contribution in [0.15, 0.2) is 47.4 Å². The molecule has 1 atom stereocenters. The highest BCUT2D eigenvalue weighted by Gasteiger charge is 2.16. The van der Waals surface area contributed by atoms with Crippen LogP contribution >= 0.6 is 11.6 Å². The Morgan fingerprint density at radius 2 is 1.86 bits per heavy atom. The summed E-state index contributed by atoms with van der Waals surface area (Å²) in [5, 5.41) is 3.42. The van der Waals surface area contributed by atoms with Crippen molar-refractivity contribution in [3.05, 3.63) is 53.1 Å². The van der Waals surface area contributed by atoms with Crippen LogP contribution in [0.4, 0.5) is 5.69 Å². The minimum absolute atomic E-state index is 0.141. The molecule has 0 radical (unpaired) electrons. The molecule has 2 aromatic carbocycles. The number of sulfonamides is 1. The minimum atomic E-state index is -3.55. The summed E-state index contributed by atoms with van der Waals surface area (Å²) in [6.07, 6.45) is 1.55. The van der Waals surface area contributed by atoms with E-state index in [4.69, 9.17) is 16.3 Å². The molecule has 0 aliphatic heterocycles. The predicted molar refractivity (Wildman–Crippen MR) is 116 cm³/mol. The minimum Gasteiger partial charge on any atom is -0.493 e. The average Bonchev–Trinajstić information content (AvgIpc) is 2.66. The van der Waals surface area contributed by atoms with Gasteiger partial charge in [-0.05, 0) is 74.7 Å². The van der Waals surface area contributed by atoms with E-state index in [0.717, 1.165) is 11.3 Å². The Hall–Kier alpha value is -2.09. The van der Waals surface area contributed by atoms with Gasteiger partial charge in [0.2, 0.25) is 15.9 Å². The first-order valence-electron chi connectivity index (χ1n) is 9.52. The van der Waals surface area contributed by atoms with E-state index in [1.807, 2.05) is 32.9 Å². The molecular formula is C21H27ClN2O4S. The van der Waals surface area contributed by atoms with Crippen molar-refractivity contribution in [2.24, 2.45) is 0 Å². The molecule has 29 heavy (non-hydrogen) atoms. The van der Waals surface area contributed by atoms with Gasteiger partial charge in [0.1, 0.15) is 5.75 Å². The van der Waals surface area contributed by atoms with Crippen LogP contribution in [0, 0.1) is 6.92 Å². The standard InChI is InChI=1S/C21H27ClN2O4S/c1-4-16(3)24-29(26,27)19-10-8-18(9-11-19)23-21(25)6-5-13-28-20-12-7-17(22)14-15(20)2/h7-12,14,16,24H,4-6,13H2,1-3H3,(H,23,25). The number of hydrogen-bond donors (Lipinski definition) is 2. The molecule has 1 unspecified atom stereocenters. The highest BCUT2D eigenvalue weighted by Crippen LogP contribution is 2.22. The number of ether oxygens (including phenoxy) is 1. The fraction of sp³-hybridized carbons (Fsp3) is 0.381. The van der Waals surface area contributed by atoms with Crippen LogP contribution in [-0.4, -0.2) is 27.0 Å². The first-order valence-corrected chi connectivity index (χ1v) is 11.4. The second kappa shape index (κ2) is 10.6. The summed E-state index contributed by atoms with van der Waals surface area (Å²) in [7, 11) is -3.55. The molecular weight excluding hydrogens is 412 g/mol. The summed E-state index contributed by atoms with van der Waals surface area (Å²) in [6, 6.07) is 11.4. The van der Waals surface area contributed by atoms with Gasteiger partial charge < -0.3 is 10.1 Å². The Morgan fingerprint density at radius 3 is 2.48 bits per heavy atom. The summed E-state index contributed by atoms with van der Waals surface area (Å²) < 4.78 is 32.8. The summed E-state index contributed by atoms with van der Waals surface area (Å²) >= 11 is 5.91. The van der Waals surface area contributed by atoms with Gasteiger partial charge in [-0.15, -0.1) is 0 Å². The van der Waals surface area contributed by atoms with Crippen LogP contribution in [0.5, 0.6) is 5.75 Å². The van der Waals surface area contributed by atoms with Crippen LogP contribution in [0.1, 0.15) is 38.7 Å². The van der Waals surface area contributed by atoms with Crippen LogP contribution in [0.3, 0.4) is 0 Å². The second-order valence-corrected chi connectivity index (χ2v) is 9.02. The molecule has 0 aromatic heterocycles. The van der Waals surface area contributed by atoms with Gasteiger partial charge in [-0.2, -0.15) is 0 Å². The number of halogens is 1. The predicted octanol–water partition coefficient (Wildman–Crippen LogP) is 4.52. The first kappa shape index (κ1) is 23.2. The van der Waals surface area contributed by atoms with Gasteiger partial charge in [-0.1, -0.05) is 18.5 Å². The molecule has 0 spiro atoms. The number of anilines is 1. The number of hydrogen-bond acceptors (Lipinski definition) is 4. The number of carbonyl (C=O) groups excluding carboxylic acids is 1. The van der Waals surface area contributed by atoms with Gasteiger partial charge in [0.15, 0.2) is 0 Å². The lowest BCUT2D eigenvalue weighted by Crippen LogP contribution is -2.31. The third-order valence-corrected chi connectivity index (χ3v) is 6.20. The lowest BCUT2D eigenvalue weighted by molar-refractivity contribution is -0.116. The molecule has 6 nitrogen and oxygen atoms in total. The van der Waals surface area contributed by atoms with Gasteiger partial charge in [0.25, 0.3) is 0 Å². The smallest absolute Gasteiger partial charge is 0.240 e. The van der Waals surface area contributed by atoms with Crippen molar-refractivity contribution < 1.29 is 17.9 Å². The maximum Gasteiger partial charge on any atom is 0.240 e. The summed E-state index contributed by atoms with van der Waals surface area (Å²) in [6.45, 7) is 6.04. The molecule has 0 heterocycles. The van der Waals surface area contributed by atoms with Crippen molar-refractivity contribution in [1.82, 2.24) is 4.72 Å². The van der Waals surface area contributed by atoms with Crippen LogP contribution in [0.2, 0.25) is 5.02 Å². The first-order chi connectivity index (χ1) is 13.7. The SMILES string of the molecule is CCC(C)NS(=O)(=O)c1ccc(NC(=O)CCCOc2ccc(Cl)cc2C)cc1. The Balaban J connectivity index is 1.80.